The third-order valence-corrected chi connectivity index (χ3v) is 2.19. The van der Waals surface area contributed by atoms with E-state index in [4.69, 9.17) is 4.74 Å². The summed E-state index contributed by atoms with van der Waals surface area (Å²) in [6.07, 6.45) is 0.00574. The Labute approximate surface area is 89.1 Å². The van der Waals surface area contributed by atoms with Crippen LogP contribution in [0.1, 0.15) is 23.6 Å². The van der Waals surface area contributed by atoms with Crippen LogP contribution in [-0.4, -0.2) is 12.6 Å². The smallest absolute Gasteiger partial charge is 0.310 e. The van der Waals surface area contributed by atoms with E-state index >= 15 is 0 Å². The van der Waals surface area contributed by atoms with E-state index in [9.17, 15) is 9.18 Å². The highest BCUT2D eigenvalue weighted by Gasteiger charge is 2.11. The van der Waals surface area contributed by atoms with E-state index < -0.39 is 0 Å². The highest BCUT2D eigenvalue weighted by molar-refractivity contribution is 5.73. The fraction of sp³-hybridized carbons (Fsp3) is 0.417. The Hall–Kier alpha value is -1.38. The largest absolute Gasteiger partial charge is 0.466 e. The first-order chi connectivity index (χ1) is 7.04. The highest BCUT2D eigenvalue weighted by atomic mass is 19.1. The summed E-state index contributed by atoms with van der Waals surface area (Å²) >= 11 is 0. The molecule has 0 fully saturated rings. The van der Waals surface area contributed by atoms with Gasteiger partial charge >= 0.3 is 5.97 Å². The van der Waals surface area contributed by atoms with E-state index in [1.54, 1.807) is 13.8 Å². The molecule has 0 heterocycles. The minimum Gasteiger partial charge on any atom is -0.466 e. The molecule has 15 heavy (non-hydrogen) atoms. The number of carbonyl (C=O) groups is 1. The van der Waals surface area contributed by atoms with Gasteiger partial charge in [-0.2, -0.15) is 0 Å². The van der Waals surface area contributed by atoms with Crippen LogP contribution in [0.15, 0.2) is 12.1 Å². The average Bonchev–Trinajstić information content (AvgIpc) is 2.11. The Morgan fingerprint density at radius 2 is 2.07 bits per heavy atom. The lowest BCUT2D eigenvalue weighted by molar-refractivity contribution is -0.142. The molecule has 1 aromatic rings. The van der Waals surface area contributed by atoms with Crippen molar-refractivity contribution in [1.82, 2.24) is 0 Å². The van der Waals surface area contributed by atoms with Gasteiger partial charge in [-0.15, -0.1) is 0 Å². The number of esters is 1. The maximum atomic E-state index is 13.5. The van der Waals surface area contributed by atoms with Crippen LogP contribution in [-0.2, 0) is 16.0 Å². The monoisotopic (exact) mass is 210 g/mol. The van der Waals surface area contributed by atoms with Crippen molar-refractivity contribution in [1.29, 1.82) is 0 Å². The first kappa shape index (κ1) is 11.7. The van der Waals surface area contributed by atoms with E-state index in [0.29, 0.717) is 12.2 Å². The van der Waals surface area contributed by atoms with Gasteiger partial charge in [0.2, 0.25) is 0 Å². The zero-order chi connectivity index (χ0) is 11.4. The Kier molecular flexibility index (Phi) is 3.83. The first-order valence-electron chi connectivity index (χ1n) is 4.95. The van der Waals surface area contributed by atoms with Gasteiger partial charge in [-0.3, -0.25) is 4.79 Å². The quantitative estimate of drug-likeness (QED) is 0.717. The van der Waals surface area contributed by atoms with Gasteiger partial charge in [-0.05, 0) is 38.0 Å². The minimum atomic E-state index is -0.386. The van der Waals surface area contributed by atoms with Gasteiger partial charge in [0.15, 0.2) is 0 Å². The first-order valence-corrected chi connectivity index (χ1v) is 4.95. The summed E-state index contributed by atoms with van der Waals surface area (Å²) in [5.41, 5.74) is 2.08. The van der Waals surface area contributed by atoms with Crippen LogP contribution in [0.5, 0.6) is 0 Å². The van der Waals surface area contributed by atoms with Gasteiger partial charge < -0.3 is 4.74 Å². The second-order valence-electron chi connectivity index (χ2n) is 3.52. The molecule has 0 bridgehead atoms. The molecule has 0 amide bonds. The molecule has 0 aliphatic heterocycles. The van der Waals surface area contributed by atoms with Crippen molar-refractivity contribution in [3.05, 3.63) is 34.6 Å². The van der Waals surface area contributed by atoms with E-state index in [-0.39, 0.29) is 18.2 Å². The lowest BCUT2D eigenvalue weighted by atomic mass is 10.0. The maximum Gasteiger partial charge on any atom is 0.310 e. The number of benzene rings is 1. The van der Waals surface area contributed by atoms with E-state index in [0.717, 1.165) is 11.1 Å². The van der Waals surface area contributed by atoms with Gasteiger partial charge in [0.25, 0.3) is 0 Å². The number of carbonyl (C=O) groups excluding carboxylic acids is 1. The van der Waals surface area contributed by atoms with E-state index in [1.165, 1.54) is 6.07 Å². The predicted molar refractivity (Wildman–Crippen MR) is 56.2 cm³/mol. The van der Waals surface area contributed by atoms with Crippen molar-refractivity contribution in [3.8, 4) is 0 Å². The molecule has 1 aromatic carbocycles. The summed E-state index contributed by atoms with van der Waals surface area (Å²) in [6, 6.07) is 3.29. The van der Waals surface area contributed by atoms with Crippen molar-refractivity contribution in [2.45, 2.75) is 27.2 Å². The molecular weight excluding hydrogens is 195 g/mol. The molecule has 1 rings (SSSR count). The standard InChI is InChI=1S/C12H15FO2/c1-4-15-12(14)7-10-9(3)5-8(2)6-11(10)13/h5-6H,4,7H2,1-3H3. The Morgan fingerprint density at radius 1 is 1.40 bits per heavy atom. The normalized spacial score (nSPS) is 10.1. The van der Waals surface area contributed by atoms with Gasteiger partial charge in [-0.1, -0.05) is 6.07 Å². The van der Waals surface area contributed by atoms with Crippen LogP contribution < -0.4 is 0 Å². The molecule has 0 radical (unpaired) electrons. The van der Waals surface area contributed by atoms with Crippen LogP contribution >= 0.6 is 0 Å². The van der Waals surface area contributed by atoms with Crippen LogP contribution in [0, 0.1) is 19.7 Å². The Morgan fingerprint density at radius 3 is 2.60 bits per heavy atom. The van der Waals surface area contributed by atoms with Crippen molar-refractivity contribution in [2.24, 2.45) is 0 Å². The second kappa shape index (κ2) is 4.91. The zero-order valence-electron chi connectivity index (χ0n) is 9.26. The number of halogens is 1. The second-order valence-corrected chi connectivity index (χ2v) is 3.52. The Bertz CT molecular complexity index is 349. The number of rotatable bonds is 3. The molecule has 0 saturated carbocycles. The molecule has 0 N–H and O–H groups in total. The third kappa shape index (κ3) is 3.05. The SMILES string of the molecule is CCOC(=O)Cc1c(C)cc(C)cc1F. The summed E-state index contributed by atoms with van der Waals surface area (Å²) in [5.74, 6) is -0.719. The third-order valence-electron chi connectivity index (χ3n) is 2.19. The predicted octanol–water partition coefficient (Wildman–Crippen LogP) is 2.55. The molecule has 0 saturated heterocycles. The molecule has 3 heteroatoms. The van der Waals surface area contributed by atoms with Crippen molar-refractivity contribution in [3.63, 3.8) is 0 Å². The number of hydrogen-bond donors (Lipinski definition) is 0. The van der Waals surface area contributed by atoms with Gasteiger partial charge in [0.05, 0.1) is 13.0 Å². The molecule has 0 atom stereocenters. The van der Waals surface area contributed by atoms with Crippen molar-refractivity contribution >= 4 is 5.97 Å². The number of aryl methyl sites for hydroxylation is 2. The maximum absolute atomic E-state index is 13.5. The molecule has 0 unspecified atom stereocenters. The topological polar surface area (TPSA) is 26.3 Å². The summed E-state index contributed by atoms with van der Waals surface area (Å²) in [7, 11) is 0. The molecule has 0 aliphatic rings. The summed E-state index contributed by atoms with van der Waals surface area (Å²) in [4.78, 5) is 11.2. The van der Waals surface area contributed by atoms with Crippen molar-refractivity contribution < 1.29 is 13.9 Å². The molecule has 82 valence electrons. The lowest BCUT2D eigenvalue weighted by Crippen LogP contribution is -2.10. The fourth-order valence-electron chi connectivity index (χ4n) is 1.53. The lowest BCUT2D eigenvalue weighted by Gasteiger charge is -2.08. The van der Waals surface area contributed by atoms with Crippen LogP contribution in [0.3, 0.4) is 0 Å². The molecule has 2 nitrogen and oxygen atoms in total. The molecular formula is C12H15FO2. The van der Waals surface area contributed by atoms with E-state index in [2.05, 4.69) is 0 Å². The van der Waals surface area contributed by atoms with Gasteiger partial charge in [-0.25, -0.2) is 4.39 Å². The summed E-state index contributed by atoms with van der Waals surface area (Å²) in [6.45, 7) is 5.68. The van der Waals surface area contributed by atoms with Crippen LogP contribution in [0.4, 0.5) is 4.39 Å². The summed E-state index contributed by atoms with van der Waals surface area (Å²) < 4.78 is 18.3. The minimum absolute atomic E-state index is 0.00574. The number of hydrogen-bond acceptors (Lipinski definition) is 2. The van der Waals surface area contributed by atoms with Crippen LogP contribution in [0.25, 0.3) is 0 Å². The van der Waals surface area contributed by atoms with Gasteiger partial charge in [0, 0.05) is 5.56 Å². The van der Waals surface area contributed by atoms with Crippen molar-refractivity contribution in [2.75, 3.05) is 6.61 Å². The average molecular weight is 210 g/mol. The summed E-state index contributed by atoms with van der Waals surface area (Å²) in [5, 5.41) is 0. The van der Waals surface area contributed by atoms with Gasteiger partial charge in [0.1, 0.15) is 5.82 Å². The molecule has 0 spiro atoms. The zero-order valence-corrected chi connectivity index (χ0v) is 9.26. The highest BCUT2D eigenvalue weighted by Crippen LogP contribution is 2.16. The molecule has 0 aliphatic carbocycles. The molecule has 0 aromatic heterocycles. The fourth-order valence-corrected chi connectivity index (χ4v) is 1.53. The number of ether oxygens (including phenoxy) is 1. The Balaban J connectivity index is 2.90. The van der Waals surface area contributed by atoms with E-state index in [1.807, 2.05) is 13.0 Å². The van der Waals surface area contributed by atoms with Crippen LogP contribution in [0.2, 0.25) is 0 Å².